The Balaban J connectivity index is 1.93. The lowest BCUT2D eigenvalue weighted by Crippen LogP contribution is -2.11. The minimum absolute atomic E-state index is 0.111. The quantitative estimate of drug-likeness (QED) is 0.799. The van der Waals surface area contributed by atoms with Crippen LogP contribution in [0.2, 0.25) is 0 Å². The van der Waals surface area contributed by atoms with Gasteiger partial charge < -0.3 is 0 Å². The van der Waals surface area contributed by atoms with Gasteiger partial charge in [0.1, 0.15) is 5.78 Å². The second kappa shape index (κ2) is 5.24. The molecule has 1 nitrogen and oxygen atoms in total. The Hall–Kier alpha value is -1.89. The molecule has 0 amide bonds. The summed E-state index contributed by atoms with van der Waals surface area (Å²) in [5, 5.41) is 0. The van der Waals surface area contributed by atoms with E-state index in [1.54, 1.807) is 0 Å². The molecule has 0 N–H and O–H groups in total. The van der Waals surface area contributed by atoms with Crippen LogP contribution in [0.5, 0.6) is 0 Å². The highest BCUT2D eigenvalue weighted by Crippen LogP contribution is 2.61. The summed E-state index contributed by atoms with van der Waals surface area (Å²) in [7, 11) is 0. The zero-order valence-corrected chi connectivity index (χ0v) is 12.0. The lowest BCUT2D eigenvalue weighted by molar-refractivity contribution is -0.123. The van der Waals surface area contributed by atoms with Gasteiger partial charge in [0, 0.05) is 23.7 Å². The third kappa shape index (κ3) is 2.29. The molecule has 2 aromatic rings. The second-order valence-corrected chi connectivity index (χ2v) is 5.96. The first-order valence-corrected chi connectivity index (χ1v) is 7.33. The molecule has 1 saturated carbocycles. The Morgan fingerprint density at radius 2 is 1.20 bits per heavy atom. The van der Waals surface area contributed by atoms with E-state index in [0.717, 1.165) is 0 Å². The molecule has 1 heteroatoms. The molecule has 0 saturated heterocycles. The van der Waals surface area contributed by atoms with E-state index in [4.69, 9.17) is 0 Å². The number of rotatable bonds is 4. The topological polar surface area (TPSA) is 17.1 Å². The molecule has 3 atom stereocenters. The summed E-state index contributed by atoms with van der Waals surface area (Å²) in [6.07, 6.45) is 0. The predicted molar refractivity (Wildman–Crippen MR) is 81.7 cm³/mol. The van der Waals surface area contributed by atoms with E-state index < -0.39 is 0 Å². The van der Waals surface area contributed by atoms with Crippen molar-refractivity contribution in [3.8, 4) is 0 Å². The average Bonchev–Trinajstić information content (AvgIpc) is 3.23. The Morgan fingerprint density at radius 3 is 1.55 bits per heavy atom. The summed E-state index contributed by atoms with van der Waals surface area (Å²) < 4.78 is 0. The molecule has 2 unspecified atom stereocenters. The highest BCUT2D eigenvalue weighted by atomic mass is 16.1. The van der Waals surface area contributed by atoms with E-state index in [-0.39, 0.29) is 11.8 Å². The maximum atomic E-state index is 12.5. The number of benzene rings is 2. The van der Waals surface area contributed by atoms with E-state index in [1.165, 1.54) is 11.1 Å². The maximum Gasteiger partial charge on any atom is 0.139 e. The molecule has 3 rings (SSSR count). The molecule has 1 fully saturated rings. The lowest BCUT2D eigenvalue weighted by atomic mass is 10.0. The van der Waals surface area contributed by atoms with E-state index in [1.807, 2.05) is 26.0 Å². The van der Waals surface area contributed by atoms with Gasteiger partial charge in [-0.2, -0.15) is 0 Å². The molecule has 0 aromatic heterocycles. The Morgan fingerprint density at radius 1 is 0.800 bits per heavy atom. The van der Waals surface area contributed by atoms with Gasteiger partial charge in [-0.3, -0.25) is 4.79 Å². The molecular formula is C19H20O. The van der Waals surface area contributed by atoms with Gasteiger partial charge in [0.2, 0.25) is 0 Å². The van der Waals surface area contributed by atoms with Crippen molar-refractivity contribution in [2.45, 2.75) is 25.7 Å². The number of hydrogen-bond donors (Lipinski definition) is 0. The van der Waals surface area contributed by atoms with Crippen LogP contribution in [0.25, 0.3) is 0 Å². The van der Waals surface area contributed by atoms with Gasteiger partial charge in [0.15, 0.2) is 0 Å². The van der Waals surface area contributed by atoms with Crippen LogP contribution in [0.3, 0.4) is 0 Å². The third-order valence-corrected chi connectivity index (χ3v) is 4.29. The fourth-order valence-corrected chi connectivity index (χ4v) is 3.23. The highest BCUT2D eigenvalue weighted by Gasteiger charge is 2.55. The minimum Gasteiger partial charge on any atom is -0.299 e. The molecule has 0 radical (unpaired) electrons. The van der Waals surface area contributed by atoms with Gasteiger partial charge in [-0.05, 0) is 11.1 Å². The largest absolute Gasteiger partial charge is 0.299 e. The summed E-state index contributed by atoms with van der Waals surface area (Å²) in [6, 6.07) is 20.9. The monoisotopic (exact) mass is 264 g/mol. The van der Waals surface area contributed by atoms with Gasteiger partial charge in [-0.1, -0.05) is 74.5 Å². The Bertz CT molecular complexity index is 540. The number of carbonyl (C=O) groups is 1. The molecule has 0 heterocycles. The zero-order valence-electron chi connectivity index (χ0n) is 12.0. The van der Waals surface area contributed by atoms with Gasteiger partial charge in [-0.15, -0.1) is 0 Å². The van der Waals surface area contributed by atoms with Crippen molar-refractivity contribution in [2.75, 3.05) is 0 Å². The lowest BCUT2D eigenvalue weighted by Gasteiger charge is -2.03. The van der Waals surface area contributed by atoms with Crippen LogP contribution in [0.4, 0.5) is 0 Å². The number of Topliss-reactive ketones (excluding diaryl/α,β-unsaturated/α-hetero) is 1. The predicted octanol–water partition coefficient (Wildman–Crippen LogP) is 4.41. The van der Waals surface area contributed by atoms with Crippen molar-refractivity contribution in [1.82, 2.24) is 0 Å². The van der Waals surface area contributed by atoms with Crippen LogP contribution >= 0.6 is 0 Å². The Kier molecular flexibility index (Phi) is 3.43. The molecule has 20 heavy (non-hydrogen) atoms. The van der Waals surface area contributed by atoms with Crippen molar-refractivity contribution >= 4 is 5.78 Å². The summed E-state index contributed by atoms with van der Waals surface area (Å²) in [5.41, 5.74) is 2.58. The first-order chi connectivity index (χ1) is 9.70. The molecule has 0 aliphatic heterocycles. The number of hydrogen-bond acceptors (Lipinski definition) is 1. The maximum absolute atomic E-state index is 12.5. The smallest absolute Gasteiger partial charge is 0.139 e. The SMILES string of the molecule is CC(C)C(=O)C1C(c2ccccc2)[C@H]1c1ccccc1. The van der Waals surface area contributed by atoms with Crippen LogP contribution in [0.1, 0.15) is 36.8 Å². The van der Waals surface area contributed by atoms with E-state index >= 15 is 0 Å². The minimum atomic E-state index is 0.111. The Labute approximate surface area is 120 Å². The number of carbonyl (C=O) groups excluding carboxylic acids is 1. The van der Waals surface area contributed by atoms with E-state index in [9.17, 15) is 4.79 Å². The van der Waals surface area contributed by atoms with Crippen molar-refractivity contribution in [1.29, 1.82) is 0 Å². The van der Waals surface area contributed by atoms with Crippen LogP contribution in [-0.4, -0.2) is 5.78 Å². The van der Waals surface area contributed by atoms with Gasteiger partial charge in [-0.25, -0.2) is 0 Å². The van der Waals surface area contributed by atoms with Crippen LogP contribution in [-0.2, 0) is 4.79 Å². The van der Waals surface area contributed by atoms with Crippen LogP contribution in [0, 0.1) is 11.8 Å². The fraction of sp³-hybridized carbons (Fsp3) is 0.316. The van der Waals surface area contributed by atoms with Crippen molar-refractivity contribution in [3.63, 3.8) is 0 Å². The summed E-state index contributed by atoms with van der Waals surface area (Å²) in [6.45, 7) is 4.01. The summed E-state index contributed by atoms with van der Waals surface area (Å²) in [4.78, 5) is 12.5. The standard InChI is InChI=1S/C19H20O/c1-13(2)19(20)18-16(14-9-5-3-6-10-14)17(18)15-11-7-4-8-12-15/h3-13,16-18H,1-2H3/t16-,17?,18?/m1/s1. The number of ketones is 1. The fourth-order valence-electron chi connectivity index (χ4n) is 3.23. The molecule has 1 aliphatic rings. The average molecular weight is 264 g/mol. The van der Waals surface area contributed by atoms with E-state index in [0.29, 0.717) is 17.6 Å². The van der Waals surface area contributed by atoms with Gasteiger partial charge in [0.25, 0.3) is 0 Å². The zero-order chi connectivity index (χ0) is 14.1. The van der Waals surface area contributed by atoms with E-state index in [2.05, 4.69) is 48.5 Å². The van der Waals surface area contributed by atoms with Crippen molar-refractivity contribution in [3.05, 3.63) is 71.8 Å². The van der Waals surface area contributed by atoms with Gasteiger partial charge >= 0.3 is 0 Å². The van der Waals surface area contributed by atoms with Crippen LogP contribution < -0.4 is 0 Å². The van der Waals surface area contributed by atoms with Gasteiger partial charge in [0.05, 0.1) is 0 Å². The summed E-state index contributed by atoms with van der Waals surface area (Å²) in [5.74, 6) is 1.37. The molecule has 0 spiro atoms. The molecular weight excluding hydrogens is 244 g/mol. The molecule has 0 bridgehead atoms. The second-order valence-electron chi connectivity index (χ2n) is 5.96. The normalized spacial score (nSPS) is 24.6. The van der Waals surface area contributed by atoms with Crippen molar-refractivity contribution < 1.29 is 4.79 Å². The third-order valence-electron chi connectivity index (χ3n) is 4.29. The first-order valence-electron chi connectivity index (χ1n) is 7.33. The molecule has 1 aliphatic carbocycles. The molecule has 2 aromatic carbocycles. The first kappa shape index (κ1) is 13.1. The van der Waals surface area contributed by atoms with Crippen LogP contribution in [0.15, 0.2) is 60.7 Å². The molecule has 102 valence electrons. The highest BCUT2D eigenvalue weighted by molar-refractivity contribution is 5.88. The van der Waals surface area contributed by atoms with Crippen molar-refractivity contribution in [2.24, 2.45) is 11.8 Å². The summed E-state index contributed by atoms with van der Waals surface area (Å²) >= 11 is 0.